The topological polar surface area (TPSA) is 38.9 Å². The molecule has 0 spiro atoms. The van der Waals surface area contributed by atoms with E-state index in [0.29, 0.717) is 0 Å². The van der Waals surface area contributed by atoms with Crippen LogP contribution in [0, 0.1) is 0 Å². The molecule has 0 saturated heterocycles. The minimum Gasteiger partial charge on any atom is -0.399 e. The molecule has 2 rings (SSSR count). The van der Waals surface area contributed by atoms with Crippen LogP contribution in [0.15, 0.2) is 58.6 Å². The van der Waals surface area contributed by atoms with Crippen molar-refractivity contribution in [3.63, 3.8) is 0 Å². The third-order valence-corrected chi connectivity index (χ3v) is 2.66. The molecule has 1 heterocycles. The summed E-state index contributed by atoms with van der Waals surface area (Å²) in [6.07, 6.45) is 1.72. The minimum atomic E-state index is 0.749. The van der Waals surface area contributed by atoms with Crippen molar-refractivity contribution >= 4 is 17.4 Å². The van der Waals surface area contributed by atoms with Crippen molar-refractivity contribution in [1.29, 1.82) is 0 Å². The van der Waals surface area contributed by atoms with E-state index in [0.717, 1.165) is 10.7 Å². The quantitative estimate of drug-likeness (QED) is 0.813. The van der Waals surface area contributed by atoms with Gasteiger partial charge < -0.3 is 5.73 Å². The summed E-state index contributed by atoms with van der Waals surface area (Å²) in [5.74, 6) is 0. The van der Waals surface area contributed by atoms with Crippen molar-refractivity contribution < 1.29 is 0 Å². The average Bonchev–Trinajstić information content (AvgIpc) is 2.19. The second-order valence-corrected chi connectivity index (χ2v) is 3.94. The Bertz CT molecular complexity index is 415. The Hall–Kier alpha value is -1.48. The van der Waals surface area contributed by atoms with Gasteiger partial charge in [0.2, 0.25) is 0 Å². The van der Waals surface area contributed by atoms with Crippen LogP contribution in [-0.2, 0) is 0 Å². The molecule has 0 atom stereocenters. The molecule has 0 unspecified atom stereocenters. The Morgan fingerprint density at radius 1 is 1.07 bits per heavy atom. The summed E-state index contributed by atoms with van der Waals surface area (Å²) >= 11 is 1.61. The molecule has 0 amide bonds. The van der Waals surface area contributed by atoms with Crippen molar-refractivity contribution in [2.45, 2.75) is 9.92 Å². The Morgan fingerprint density at radius 3 is 2.57 bits per heavy atom. The molecule has 2 N–H and O–H groups in total. The molecule has 0 aliphatic carbocycles. The molecule has 0 bridgehead atoms. The fraction of sp³-hybridized carbons (Fsp3) is 0. The smallest absolute Gasteiger partial charge is 0.103 e. The van der Waals surface area contributed by atoms with Gasteiger partial charge in [0.25, 0.3) is 0 Å². The predicted octanol–water partition coefficient (Wildman–Crippen LogP) is 2.82. The lowest BCUT2D eigenvalue weighted by Gasteiger charge is -2.00. The monoisotopic (exact) mass is 202 g/mol. The van der Waals surface area contributed by atoms with E-state index >= 15 is 0 Å². The zero-order valence-corrected chi connectivity index (χ0v) is 8.37. The third kappa shape index (κ3) is 2.26. The van der Waals surface area contributed by atoms with E-state index in [2.05, 4.69) is 17.1 Å². The number of benzene rings is 1. The highest BCUT2D eigenvalue weighted by Crippen LogP contribution is 2.26. The van der Waals surface area contributed by atoms with Crippen molar-refractivity contribution in [1.82, 2.24) is 4.98 Å². The molecule has 3 heteroatoms. The molecule has 0 saturated carbocycles. The van der Waals surface area contributed by atoms with Gasteiger partial charge in [-0.05, 0) is 24.3 Å². The van der Waals surface area contributed by atoms with E-state index in [1.165, 1.54) is 4.90 Å². The number of nitrogen functional groups attached to an aromatic ring is 1. The van der Waals surface area contributed by atoms with Gasteiger partial charge in [-0.25, -0.2) is 4.98 Å². The van der Waals surface area contributed by atoms with Gasteiger partial charge in [-0.3, -0.25) is 0 Å². The molecule has 0 fully saturated rings. The van der Waals surface area contributed by atoms with Crippen LogP contribution in [0.1, 0.15) is 0 Å². The van der Waals surface area contributed by atoms with E-state index in [9.17, 15) is 0 Å². The first kappa shape index (κ1) is 9.09. The predicted molar refractivity (Wildman–Crippen MR) is 59.2 cm³/mol. The van der Waals surface area contributed by atoms with Gasteiger partial charge in [-0.2, -0.15) is 0 Å². The molecule has 0 radical (unpaired) electrons. The van der Waals surface area contributed by atoms with Gasteiger partial charge >= 0.3 is 0 Å². The van der Waals surface area contributed by atoms with Gasteiger partial charge in [0.05, 0.1) is 0 Å². The first-order valence-electron chi connectivity index (χ1n) is 4.29. The highest BCUT2D eigenvalue weighted by Gasteiger charge is 1.97. The van der Waals surface area contributed by atoms with Gasteiger partial charge in [-0.1, -0.05) is 30.0 Å². The lowest BCUT2D eigenvalue weighted by molar-refractivity contribution is 1.14. The molecule has 2 aromatic rings. The normalized spacial score (nSPS) is 10.0. The van der Waals surface area contributed by atoms with Crippen LogP contribution in [0.25, 0.3) is 0 Å². The number of anilines is 1. The standard InChI is InChI=1S/C11H10N2S/c12-9-6-7-13-11(8-9)14-10-4-2-1-3-5-10/h1-8H,(H2,12,13). The fourth-order valence-corrected chi connectivity index (χ4v) is 1.93. The van der Waals surface area contributed by atoms with E-state index in [4.69, 9.17) is 5.73 Å². The van der Waals surface area contributed by atoms with Crippen molar-refractivity contribution in [2.75, 3.05) is 5.73 Å². The summed E-state index contributed by atoms with van der Waals surface area (Å²) < 4.78 is 0. The maximum absolute atomic E-state index is 5.66. The molecule has 1 aromatic carbocycles. The van der Waals surface area contributed by atoms with Gasteiger partial charge in [0.1, 0.15) is 5.03 Å². The van der Waals surface area contributed by atoms with Gasteiger partial charge in [0, 0.05) is 16.8 Å². The summed E-state index contributed by atoms with van der Waals surface area (Å²) in [6, 6.07) is 13.8. The number of aromatic nitrogens is 1. The highest BCUT2D eigenvalue weighted by atomic mass is 32.2. The second kappa shape index (κ2) is 4.15. The fourth-order valence-electron chi connectivity index (χ4n) is 1.09. The summed E-state index contributed by atoms with van der Waals surface area (Å²) in [5.41, 5.74) is 6.41. The van der Waals surface area contributed by atoms with Crippen LogP contribution >= 0.6 is 11.8 Å². The first-order valence-corrected chi connectivity index (χ1v) is 5.11. The molecule has 1 aromatic heterocycles. The number of rotatable bonds is 2. The van der Waals surface area contributed by atoms with Crippen molar-refractivity contribution in [2.24, 2.45) is 0 Å². The molecule has 14 heavy (non-hydrogen) atoms. The Balaban J connectivity index is 2.19. The number of nitrogens with two attached hydrogens (primary N) is 1. The summed E-state index contributed by atoms with van der Waals surface area (Å²) in [5, 5.41) is 0.927. The highest BCUT2D eigenvalue weighted by molar-refractivity contribution is 7.99. The van der Waals surface area contributed by atoms with Crippen LogP contribution in [-0.4, -0.2) is 4.98 Å². The Kier molecular flexibility index (Phi) is 2.70. The zero-order chi connectivity index (χ0) is 9.80. The maximum Gasteiger partial charge on any atom is 0.103 e. The van der Waals surface area contributed by atoms with Crippen LogP contribution in [0.3, 0.4) is 0 Å². The van der Waals surface area contributed by atoms with Gasteiger partial charge in [-0.15, -0.1) is 0 Å². The first-order chi connectivity index (χ1) is 6.84. The van der Waals surface area contributed by atoms with Crippen LogP contribution in [0.5, 0.6) is 0 Å². The lowest BCUT2D eigenvalue weighted by atomic mass is 10.4. The van der Waals surface area contributed by atoms with Crippen LogP contribution < -0.4 is 5.73 Å². The average molecular weight is 202 g/mol. The molecular weight excluding hydrogens is 192 g/mol. The second-order valence-electron chi connectivity index (χ2n) is 2.84. The molecule has 2 nitrogen and oxygen atoms in total. The minimum absolute atomic E-state index is 0.749. The van der Waals surface area contributed by atoms with E-state index in [-0.39, 0.29) is 0 Å². The van der Waals surface area contributed by atoms with E-state index < -0.39 is 0 Å². The third-order valence-electron chi connectivity index (χ3n) is 1.72. The largest absolute Gasteiger partial charge is 0.399 e. The number of nitrogens with zero attached hydrogens (tertiary/aromatic N) is 1. The molecule has 70 valence electrons. The van der Waals surface area contributed by atoms with E-state index in [1.54, 1.807) is 24.0 Å². The van der Waals surface area contributed by atoms with E-state index in [1.807, 2.05) is 24.3 Å². The lowest BCUT2D eigenvalue weighted by Crippen LogP contribution is -1.86. The zero-order valence-electron chi connectivity index (χ0n) is 7.55. The van der Waals surface area contributed by atoms with Crippen LogP contribution in [0.4, 0.5) is 5.69 Å². The number of pyridine rings is 1. The molecule has 0 aliphatic rings. The SMILES string of the molecule is Nc1ccnc(Sc2ccccc2)c1. The Labute approximate surface area is 87.2 Å². The van der Waals surface area contributed by atoms with Crippen LogP contribution in [0.2, 0.25) is 0 Å². The summed E-state index contributed by atoms with van der Waals surface area (Å²) in [6.45, 7) is 0. The summed E-state index contributed by atoms with van der Waals surface area (Å²) in [4.78, 5) is 5.39. The van der Waals surface area contributed by atoms with Crippen molar-refractivity contribution in [3.05, 3.63) is 48.7 Å². The molecule has 0 aliphatic heterocycles. The summed E-state index contributed by atoms with van der Waals surface area (Å²) in [7, 11) is 0. The van der Waals surface area contributed by atoms with Crippen molar-refractivity contribution in [3.8, 4) is 0 Å². The van der Waals surface area contributed by atoms with Gasteiger partial charge in [0.15, 0.2) is 0 Å². The number of hydrogen-bond donors (Lipinski definition) is 1. The number of hydrogen-bond acceptors (Lipinski definition) is 3. The molecular formula is C11H10N2S. The maximum atomic E-state index is 5.66. The Morgan fingerprint density at radius 2 is 1.86 bits per heavy atom.